The minimum absolute atomic E-state index is 0.124. The zero-order valence-corrected chi connectivity index (χ0v) is 16.7. The Kier molecular flexibility index (Phi) is 7.08. The van der Waals surface area contributed by atoms with Gasteiger partial charge in [0, 0.05) is 11.5 Å². The fraction of sp³-hybridized carbons (Fsp3) is 0.350. The summed E-state index contributed by atoms with van der Waals surface area (Å²) in [6.07, 6.45) is 0.556. The van der Waals surface area contributed by atoms with Gasteiger partial charge in [0.25, 0.3) is 0 Å². The molecule has 0 fully saturated rings. The van der Waals surface area contributed by atoms with Gasteiger partial charge >= 0.3 is 0 Å². The molecule has 0 bridgehead atoms. The highest BCUT2D eigenvalue weighted by molar-refractivity contribution is 7.13. The molecule has 0 saturated carbocycles. The monoisotopic (exact) mass is 398 g/mol. The molecule has 1 atom stereocenters. The number of hydrogen-bond acceptors (Lipinski definition) is 6. The molecule has 0 radical (unpaired) electrons. The number of thiophene rings is 1. The van der Waals surface area contributed by atoms with Crippen molar-refractivity contribution in [3.63, 3.8) is 0 Å². The number of nitrogens with zero attached hydrogens (tertiary/aromatic N) is 4. The molecule has 0 saturated heterocycles. The largest absolute Gasteiger partial charge is 0.487 e. The highest BCUT2D eigenvalue weighted by Crippen LogP contribution is 2.26. The second-order valence-electron chi connectivity index (χ2n) is 6.13. The summed E-state index contributed by atoms with van der Waals surface area (Å²) in [6.45, 7) is 5.07. The Bertz CT molecular complexity index is 916. The standard InChI is InChI=1S/C20H22N4O3S/c1-3-25-17(12-22-24-21)11-15-6-8-16(9-7-15)26-13-18-14(2)27-20(23-18)19-5-4-10-28-19/h4-10,17H,3,11-13H2,1-2H3/t17-/m0/s1. The van der Waals surface area contributed by atoms with Crippen LogP contribution in [0.5, 0.6) is 5.75 Å². The summed E-state index contributed by atoms with van der Waals surface area (Å²) in [4.78, 5) is 8.34. The van der Waals surface area contributed by atoms with Gasteiger partial charge in [-0.25, -0.2) is 4.98 Å². The molecule has 8 heteroatoms. The van der Waals surface area contributed by atoms with Crippen molar-refractivity contribution in [1.82, 2.24) is 4.98 Å². The van der Waals surface area contributed by atoms with Crippen LogP contribution in [0.1, 0.15) is 23.9 Å². The molecule has 3 rings (SSSR count). The van der Waals surface area contributed by atoms with E-state index >= 15 is 0 Å². The zero-order valence-electron chi connectivity index (χ0n) is 15.9. The van der Waals surface area contributed by atoms with Crippen molar-refractivity contribution in [3.05, 3.63) is 69.2 Å². The van der Waals surface area contributed by atoms with E-state index in [9.17, 15) is 0 Å². The van der Waals surface area contributed by atoms with Crippen LogP contribution < -0.4 is 4.74 Å². The highest BCUT2D eigenvalue weighted by Gasteiger charge is 2.13. The lowest BCUT2D eigenvalue weighted by Gasteiger charge is -2.15. The smallest absolute Gasteiger partial charge is 0.236 e. The molecule has 1 aromatic carbocycles. The minimum Gasteiger partial charge on any atom is -0.487 e. The van der Waals surface area contributed by atoms with Gasteiger partial charge in [-0.1, -0.05) is 23.3 Å². The number of rotatable bonds is 10. The molecule has 28 heavy (non-hydrogen) atoms. The van der Waals surface area contributed by atoms with E-state index in [1.54, 1.807) is 11.3 Å². The van der Waals surface area contributed by atoms with Gasteiger partial charge in [-0.3, -0.25) is 0 Å². The van der Waals surface area contributed by atoms with Crippen LogP contribution >= 0.6 is 11.3 Å². The highest BCUT2D eigenvalue weighted by atomic mass is 32.1. The number of azide groups is 1. The molecule has 7 nitrogen and oxygen atoms in total. The van der Waals surface area contributed by atoms with Crippen LogP contribution in [0.4, 0.5) is 0 Å². The fourth-order valence-corrected chi connectivity index (χ4v) is 3.39. The van der Waals surface area contributed by atoms with Crippen molar-refractivity contribution in [3.8, 4) is 16.5 Å². The van der Waals surface area contributed by atoms with Crippen LogP contribution in [0, 0.1) is 6.92 Å². The van der Waals surface area contributed by atoms with E-state index < -0.39 is 0 Å². The molecule has 3 aromatic rings. The number of aromatic nitrogens is 1. The van der Waals surface area contributed by atoms with E-state index in [2.05, 4.69) is 15.0 Å². The molecule has 0 N–H and O–H groups in total. The second kappa shape index (κ2) is 9.94. The Morgan fingerprint density at radius 2 is 2.11 bits per heavy atom. The Morgan fingerprint density at radius 1 is 1.29 bits per heavy atom. The van der Waals surface area contributed by atoms with Crippen LogP contribution in [0.2, 0.25) is 0 Å². The molecule has 2 aromatic heterocycles. The van der Waals surface area contributed by atoms with Gasteiger partial charge in [0.2, 0.25) is 5.89 Å². The van der Waals surface area contributed by atoms with Crippen LogP contribution in [-0.2, 0) is 17.8 Å². The number of hydrogen-bond donors (Lipinski definition) is 0. The van der Waals surface area contributed by atoms with Crippen molar-refractivity contribution < 1.29 is 13.9 Å². The quantitative estimate of drug-likeness (QED) is 0.254. The van der Waals surface area contributed by atoms with Gasteiger partial charge < -0.3 is 13.9 Å². The van der Waals surface area contributed by atoms with Crippen molar-refractivity contribution in [2.24, 2.45) is 5.11 Å². The van der Waals surface area contributed by atoms with Gasteiger partial charge in [-0.2, -0.15) is 0 Å². The summed E-state index contributed by atoms with van der Waals surface area (Å²) in [5.41, 5.74) is 10.4. The Hall–Kier alpha value is -2.80. The van der Waals surface area contributed by atoms with E-state index in [4.69, 9.17) is 19.4 Å². The summed E-state index contributed by atoms with van der Waals surface area (Å²) >= 11 is 1.59. The summed E-state index contributed by atoms with van der Waals surface area (Å²) in [7, 11) is 0. The molecule has 0 aliphatic rings. The van der Waals surface area contributed by atoms with Crippen LogP contribution in [0.3, 0.4) is 0 Å². The fourth-order valence-electron chi connectivity index (χ4n) is 2.74. The molecule has 0 amide bonds. The SMILES string of the molecule is CCO[C@H](CN=[N+]=[N-])Cc1ccc(OCc2nc(-c3cccs3)oc2C)cc1. The lowest BCUT2D eigenvalue weighted by Crippen LogP contribution is -2.19. The topological polar surface area (TPSA) is 93.2 Å². The molecule has 0 aliphatic heterocycles. The first-order valence-corrected chi connectivity index (χ1v) is 9.92. The predicted molar refractivity (Wildman–Crippen MR) is 108 cm³/mol. The first kappa shape index (κ1) is 19.9. The van der Waals surface area contributed by atoms with E-state index in [1.807, 2.05) is 55.6 Å². The Balaban J connectivity index is 1.58. The second-order valence-corrected chi connectivity index (χ2v) is 7.07. The third kappa shape index (κ3) is 5.36. The minimum atomic E-state index is -0.124. The third-order valence-electron chi connectivity index (χ3n) is 4.14. The number of ether oxygens (including phenoxy) is 2. The van der Waals surface area contributed by atoms with E-state index in [-0.39, 0.29) is 6.10 Å². The Labute approximate surface area is 167 Å². The summed E-state index contributed by atoms with van der Waals surface area (Å²) in [6, 6.07) is 11.8. The number of benzene rings is 1. The van der Waals surface area contributed by atoms with Gasteiger partial charge in [-0.15, -0.1) is 11.3 Å². The summed E-state index contributed by atoms with van der Waals surface area (Å²) in [5.74, 6) is 2.15. The average Bonchev–Trinajstić information content (AvgIpc) is 3.35. The number of aryl methyl sites for hydroxylation is 1. The van der Waals surface area contributed by atoms with Gasteiger partial charge in [0.15, 0.2) is 0 Å². The molecule has 0 aliphatic carbocycles. The van der Waals surface area contributed by atoms with E-state index in [0.29, 0.717) is 32.1 Å². The van der Waals surface area contributed by atoms with Crippen LogP contribution in [0.25, 0.3) is 21.2 Å². The van der Waals surface area contributed by atoms with Crippen molar-refractivity contribution in [1.29, 1.82) is 0 Å². The molecule has 0 spiro atoms. The maximum atomic E-state index is 8.49. The first-order chi connectivity index (χ1) is 13.7. The molecule has 146 valence electrons. The normalized spacial score (nSPS) is 11.8. The molecule has 0 unspecified atom stereocenters. The molecular weight excluding hydrogens is 376 g/mol. The van der Waals surface area contributed by atoms with Gasteiger partial charge in [-0.05, 0) is 54.9 Å². The van der Waals surface area contributed by atoms with E-state index in [1.165, 1.54) is 0 Å². The zero-order chi connectivity index (χ0) is 19.8. The predicted octanol–water partition coefficient (Wildman–Crippen LogP) is 5.55. The lowest BCUT2D eigenvalue weighted by atomic mass is 10.1. The van der Waals surface area contributed by atoms with Crippen molar-refractivity contribution in [2.45, 2.75) is 33.0 Å². The van der Waals surface area contributed by atoms with Crippen LogP contribution in [0.15, 0.2) is 51.3 Å². The molecular formula is C20H22N4O3S. The third-order valence-corrected chi connectivity index (χ3v) is 5.00. The van der Waals surface area contributed by atoms with Crippen molar-refractivity contribution >= 4 is 11.3 Å². The Morgan fingerprint density at radius 3 is 2.79 bits per heavy atom. The van der Waals surface area contributed by atoms with Crippen molar-refractivity contribution in [2.75, 3.05) is 13.2 Å². The maximum Gasteiger partial charge on any atom is 0.236 e. The van der Waals surface area contributed by atoms with Gasteiger partial charge in [0.1, 0.15) is 23.8 Å². The molecule has 2 heterocycles. The first-order valence-electron chi connectivity index (χ1n) is 9.04. The lowest BCUT2D eigenvalue weighted by molar-refractivity contribution is 0.0695. The maximum absolute atomic E-state index is 8.49. The van der Waals surface area contributed by atoms with Gasteiger partial charge in [0.05, 0.1) is 17.5 Å². The average molecular weight is 398 g/mol. The number of oxazole rings is 1. The van der Waals surface area contributed by atoms with E-state index in [0.717, 1.165) is 27.6 Å². The summed E-state index contributed by atoms with van der Waals surface area (Å²) < 4.78 is 17.2. The summed E-state index contributed by atoms with van der Waals surface area (Å²) in [5, 5.41) is 5.61. The van der Waals surface area contributed by atoms with Crippen LogP contribution in [-0.4, -0.2) is 24.2 Å².